The molecule has 0 radical (unpaired) electrons. The molecule has 25 heavy (non-hydrogen) atoms. The molecule has 1 fully saturated rings. The van der Waals surface area contributed by atoms with Crippen LogP contribution in [0.3, 0.4) is 0 Å². The Morgan fingerprint density at radius 3 is 2.52 bits per heavy atom. The number of carboxylic acids is 1. The van der Waals surface area contributed by atoms with Gasteiger partial charge in [-0.1, -0.05) is 48.5 Å². The number of aliphatic carboxylic acids is 1. The fourth-order valence-corrected chi connectivity index (χ4v) is 3.04. The standard InChI is InChI=1S/C20H21NO4/c22-19(21-12-10-16(14-21)20(23)24)11-13-25-18-9-5-4-8-17(18)15-6-2-1-3-7-15/h1-9,16H,10-14H2,(H,23,24)/t16-/m0/s1. The zero-order chi connectivity index (χ0) is 17.6. The average molecular weight is 339 g/mol. The quantitative estimate of drug-likeness (QED) is 0.878. The van der Waals surface area contributed by atoms with Crippen LogP contribution in [0.25, 0.3) is 11.1 Å². The molecule has 2 aromatic rings. The van der Waals surface area contributed by atoms with Crippen molar-refractivity contribution in [3.05, 3.63) is 54.6 Å². The summed E-state index contributed by atoms with van der Waals surface area (Å²) in [5, 5.41) is 9.01. The Kier molecular flexibility index (Phi) is 5.33. The molecule has 0 bridgehead atoms. The lowest BCUT2D eigenvalue weighted by Crippen LogP contribution is -2.30. The van der Waals surface area contributed by atoms with E-state index in [1.807, 2.05) is 54.6 Å². The summed E-state index contributed by atoms with van der Waals surface area (Å²) in [5.41, 5.74) is 2.05. The topological polar surface area (TPSA) is 66.8 Å². The van der Waals surface area contributed by atoms with Crippen molar-refractivity contribution in [3.63, 3.8) is 0 Å². The first-order valence-electron chi connectivity index (χ1n) is 8.43. The normalized spacial score (nSPS) is 16.6. The zero-order valence-electron chi connectivity index (χ0n) is 13.9. The lowest BCUT2D eigenvalue weighted by atomic mass is 10.1. The summed E-state index contributed by atoms with van der Waals surface area (Å²) in [5.74, 6) is -0.584. The van der Waals surface area contributed by atoms with Crippen molar-refractivity contribution in [2.75, 3.05) is 19.7 Å². The molecule has 1 aliphatic rings. The van der Waals surface area contributed by atoms with E-state index >= 15 is 0 Å². The van der Waals surface area contributed by atoms with Gasteiger partial charge in [-0.25, -0.2) is 0 Å². The van der Waals surface area contributed by atoms with Gasteiger partial charge < -0.3 is 14.7 Å². The van der Waals surface area contributed by atoms with Crippen LogP contribution in [0.5, 0.6) is 5.75 Å². The first-order chi connectivity index (χ1) is 12.1. The molecule has 3 rings (SSSR count). The summed E-state index contributed by atoms with van der Waals surface area (Å²) in [7, 11) is 0. The van der Waals surface area contributed by atoms with Crippen LogP contribution in [0.1, 0.15) is 12.8 Å². The highest BCUT2D eigenvalue weighted by Gasteiger charge is 2.30. The van der Waals surface area contributed by atoms with Crippen LogP contribution in [0.2, 0.25) is 0 Å². The predicted octanol–water partition coefficient (Wildman–Crippen LogP) is 3.06. The van der Waals surface area contributed by atoms with Gasteiger partial charge in [0, 0.05) is 18.7 Å². The number of carboxylic acid groups (broad SMARTS) is 1. The van der Waals surface area contributed by atoms with Crippen LogP contribution in [-0.4, -0.2) is 41.6 Å². The van der Waals surface area contributed by atoms with E-state index < -0.39 is 11.9 Å². The van der Waals surface area contributed by atoms with Gasteiger partial charge in [0.25, 0.3) is 0 Å². The summed E-state index contributed by atoms with van der Waals surface area (Å²) in [6.07, 6.45) is 0.772. The SMILES string of the molecule is O=C(O)[C@H]1CCN(C(=O)CCOc2ccccc2-c2ccccc2)C1. The van der Waals surface area contributed by atoms with E-state index in [-0.39, 0.29) is 18.9 Å². The smallest absolute Gasteiger partial charge is 0.308 e. The first-order valence-corrected chi connectivity index (χ1v) is 8.43. The Balaban J connectivity index is 1.56. The number of nitrogens with zero attached hydrogens (tertiary/aromatic N) is 1. The van der Waals surface area contributed by atoms with E-state index in [0.717, 1.165) is 16.9 Å². The molecule has 0 aliphatic carbocycles. The second-order valence-corrected chi connectivity index (χ2v) is 6.12. The molecular formula is C20H21NO4. The molecule has 0 saturated carbocycles. The molecule has 1 aliphatic heterocycles. The van der Waals surface area contributed by atoms with E-state index in [0.29, 0.717) is 19.5 Å². The van der Waals surface area contributed by atoms with Gasteiger partial charge in [0.05, 0.1) is 18.9 Å². The number of carbonyl (C=O) groups is 2. The van der Waals surface area contributed by atoms with E-state index in [9.17, 15) is 9.59 Å². The Labute approximate surface area is 146 Å². The molecule has 0 unspecified atom stereocenters. The Bertz CT molecular complexity index is 744. The molecule has 5 heteroatoms. The lowest BCUT2D eigenvalue weighted by molar-refractivity contribution is -0.141. The van der Waals surface area contributed by atoms with Crippen molar-refractivity contribution in [1.29, 1.82) is 0 Å². The number of amides is 1. The van der Waals surface area contributed by atoms with E-state index in [1.54, 1.807) is 4.90 Å². The zero-order valence-corrected chi connectivity index (χ0v) is 13.9. The van der Waals surface area contributed by atoms with Gasteiger partial charge in [-0.2, -0.15) is 0 Å². The van der Waals surface area contributed by atoms with Gasteiger partial charge in [-0.05, 0) is 18.1 Å². The third-order valence-corrected chi connectivity index (χ3v) is 4.44. The molecule has 2 aromatic carbocycles. The second-order valence-electron chi connectivity index (χ2n) is 6.12. The maximum Gasteiger partial charge on any atom is 0.308 e. The van der Waals surface area contributed by atoms with Crippen molar-refractivity contribution < 1.29 is 19.4 Å². The number of likely N-dealkylation sites (tertiary alicyclic amines) is 1. The summed E-state index contributed by atoms with van der Waals surface area (Å²) >= 11 is 0. The first kappa shape index (κ1) is 17.0. The average Bonchev–Trinajstić information content (AvgIpc) is 3.13. The van der Waals surface area contributed by atoms with Gasteiger partial charge in [0.15, 0.2) is 0 Å². The number of para-hydroxylation sites is 1. The van der Waals surface area contributed by atoms with Crippen molar-refractivity contribution in [1.82, 2.24) is 4.90 Å². The molecule has 1 amide bonds. The fourth-order valence-electron chi connectivity index (χ4n) is 3.04. The van der Waals surface area contributed by atoms with Crippen LogP contribution in [-0.2, 0) is 9.59 Å². The second kappa shape index (κ2) is 7.83. The molecule has 130 valence electrons. The molecular weight excluding hydrogens is 318 g/mol. The van der Waals surface area contributed by atoms with Crippen molar-refractivity contribution in [2.24, 2.45) is 5.92 Å². The highest BCUT2D eigenvalue weighted by atomic mass is 16.5. The molecule has 5 nitrogen and oxygen atoms in total. The maximum atomic E-state index is 12.2. The van der Waals surface area contributed by atoms with Crippen LogP contribution in [0.15, 0.2) is 54.6 Å². The third-order valence-electron chi connectivity index (χ3n) is 4.44. The molecule has 1 heterocycles. The predicted molar refractivity (Wildman–Crippen MR) is 94.3 cm³/mol. The largest absolute Gasteiger partial charge is 0.492 e. The Hall–Kier alpha value is -2.82. The number of carbonyl (C=O) groups excluding carboxylic acids is 1. The number of rotatable bonds is 6. The van der Waals surface area contributed by atoms with Gasteiger partial charge in [-0.15, -0.1) is 0 Å². The molecule has 1 atom stereocenters. The monoisotopic (exact) mass is 339 g/mol. The Morgan fingerprint density at radius 2 is 1.80 bits per heavy atom. The van der Waals surface area contributed by atoms with Crippen molar-refractivity contribution in [2.45, 2.75) is 12.8 Å². The van der Waals surface area contributed by atoms with Crippen LogP contribution in [0.4, 0.5) is 0 Å². The van der Waals surface area contributed by atoms with Crippen LogP contribution in [0, 0.1) is 5.92 Å². The minimum Gasteiger partial charge on any atom is -0.492 e. The minimum atomic E-state index is -0.830. The number of hydrogen-bond donors (Lipinski definition) is 1. The maximum absolute atomic E-state index is 12.2. The third kappa shape index (κ3) is 4.18. The summed E-state index contributed by atoms with van der Waals surface area (Å²) in [6, 6.07) is 17.7. The van der Waals surface area contributed by atoms with Crippen LogP contribution >= 0.6 is 0 Å². The Morgan fingerprint density at radius 1 is 1.08 bits per heavy atom. The van der Waals surface area contributed by atoms with Gasteiger partial charge >= 0.3 is 5.97 Å². The molecule has 1 N–H and O–H groups in total. The van der Waals surface area contributed by atoms with Crippen molar-refractivity contribution in [3.8, 4) is 16.9 Å². The number of hydrogen-bond acceptors (Lipinski definition) is 3. The summed E-state index contributed by atoms with van der Waals surface area (Å²) < 4.78 is 5.83. The van der Waals surface area contributed by atoms with Gasteiger partial charge in [0.1, 0.15) is 5.75 Å². The van der Waals surface area contributed by atoms with Crippen LogP contribution < -0.4 is 4.74 Å². The highest BCUT2D eigenvalue weighted by Crippen LogP contribution is 2.29. The lowest BCUT2D eigenvalue weighted by Gasteiger charge is -2.16. The number of benzene rings is 2. The van der Waals surface area contributed by atoms with E-state index in [1.165, 1.54) is 0 Å². The van der Waals surface area contributed by atoms with Gasteiger partial charge in [-0.3, -0.25) is 9.59 Å². The van der Waals surface area contributed by atoms with E-state index in [4.69, 9.17) is 9.84 Å². The summed E-state index contributed by atoms with van der Waals surface area (Å²) in [6.45, 7) is 1.09. The van der Waals surface area contributed by atoms with Gasteiger partial charge in [0.2, 0.25) is 5.91 Å². The number of ether oxygens (including phenoxy) is 1. The van der Waals surface area contributed by atoms with Crippen molar-refractivity contribution >= 4 is 11.9 Å². The summed E-state index contributed by atoms with van der Waals surface area (Å²) in [4.78, 5) is 24.8. The van der Waals surface area contributed by atoms with E-state index in [2.05, 4.69) is 0 Å². The molecule has 0 aromatic heterocycles. The molecule has 1 saturated heterocycles. The highest BCUT2D eigenvalue weighted by molar-refractivity contribution is 5.79. The minimum absolute atomic E-state index is 0.0547. The fraction of sp³-hybridized carbons (Fsp3) is 0.300. The molecule has 0 spiro atoms.